The molecule has 0 aliphatic rings. The Kier molecular flexibility index (Phi) is 5.33. The molecule has 1 aromatic carbocycles. The highest BCUT2D eigenvalue weighted by molar-refractivity contribution is 7.89. The first-order valence-electron chi connectivity index (χ1n) is 5.23. The molecule has 18 heavy (non-hydrogen) atoms. The number of aliphatic hydroxyl groups is 1. The van der Waals surface area contributed by atoms with Gasteiger partial charge < -0.3 is 10.8 Å². The van der Waals surface area contributed by atoms with Gasteiger partial charge in [-0.2, -0.15) is 0 Å². The van der Waals surface area contributed by atoms with E-state index < -0.39 is 20.7 Å². The van der Waals surface area contributed by atoms with Crippen molar-refractivity contribution in [3.63, 3.8) is 0 Å². The third kappa shape index (κ3) is 3.81. The average Bonchev–Trinajstić information content (AvgIpc) is 2.29. The van der Waals surface area contributed by atoms with Gasteiger partial charge in [-0.3, -0.25) is 0 Å². The van der Waals surface area contributed by atoms with Crippen LogP contribution in [0.3, 0.4) is 0 Å². The normalized spacial score (nSPS) is 11.7. The number of anilines is 1. The highest BCUT2D eigenvalue weighted by Gasteiger charge is 2.21. The first kappa shape index (κ1) is 15.2. The molecule has 0 atom stereocenters. The van der Waals surface area contributed by atoms with Crippen molar-refractivity contribution in [3.8, 4) is 0 Å². The van der Waals surface area contributed by atoms with E-state index in [1.165, 1.54) is 0 Å². The summed E-state index contributed by atoms with van der Waals surface area (Å²) < 4.78 is 39.4. The van der Waals surface area contributed by atoms with Gasteiger partial charge in [0.05, 0.1) is 5.02 Å². The fourth-order valence-electron chi connectivity index (χ4n) is 1.30. The van der Waals surface area contributed by atoms with Gasteiger partial charge >= 0.3 is 0 Å². The summed E-state index contributed by atoms with van der Waals surface area (Å²) in [6, 6.07) is 2.15. The fourth-order valence-corrected chi connectivity index (χ4v) is 2.79. The lowest BCUT2D eigenvalue weighted by Gasteiger charge is -2.09. The molecule has 0 saturated heterocycles. The lowest BCUT2D eigenvalue weighted by Crippen LogP contribution is -2.26. The van der Waals surface area contributed by atoms with Gasteiger partial charge in [0.1, 0.15) is 4.90 Å². The number of rotatable bonds is 6. The minimum Gasteiger partial charge on any atom is -0.399 e. The summed E-state index contributed by atoms with van der Waals surface area (Å²) in [7, 11) is -3.99. The molecule has 102 valence electrons. The SMILES string of the molecule is Nc1cc(Cl)c(F)c(S(=O)(=O)NCCCCO)c1. The number of benzene rings is 1. The second kappa shape index (κ2) is 6.33. The number of nitrogens with two attached hydrogens (primary N) is 1. The largest absolute Gasteiger partial charge is 0.399 e. The molecule has 1 rings (SSSR count). The summed E-state index contributed by atoms with van der Waals surface area (Å²) in [5.74, 6) is -1.03. The van der Waals surface area contributed by atoms with Gasteiger partial charge in [-0.15, -0.1) is 0 Å². The van der Waals surface area contributed by atoms with Crippen molar-refractivity contribution < 1.29 is 17.9 Å². The molecule has 0 unspecified atom stereocenters. The van der Waals surface area contributed by atoms with Gasteiger partial charge in [0.2, 0.25) is 10.0 Å². The Morgan fingerprint density at radius 3 is 2.67 bits per heavy atom. The highest BCUT2D eigenvalue weighted by Crippen LogP contribution is 2.25. The molecule has 8 heteroatoms. The van der Waals surface area contributed by atoms with Crippen molar-refractivity contribution in [3.05, 3.63) is 23.0 Å². The van der Waals surface area contributed by atoms with Crippen LogP contribution in [-0.2, 0) is 10.0 Å². The Bertz CT molecular complexity index is 522. The molecule has 0 fully saturated rings. The van der Waals surface area contributed by atoms with E-state index in [2.05, 4.69) is 4.72 Å². The number of unbranched alkanes of at least 4 members (excludes halogenated alkanes) is 1. The van der Waals surface area contributed by atoms with Crippen LogP contribution in [0.25, 0.3) is 0 Å². The van der Waals surface area contributed by atoms with Crippen LogP contribution < -0.4 is 10.5 Å². The van der Waals surface area contributed by atoms with E-state index in [9.17, 15) is 12.8 Å². The van der Waals surface area contributed by atoms with Crippen LogP contribution in [0.4, 0.5) is 10.1 Å². The van der Waals surface area contributed by atoms with Gasteiger partial charge in [-0.25, -0.2) is 17.5 Å². The predicted octanol–water partition coefficient (Wildman–Crippen LogP) is 1.11. The molecule has 0 radical (unpaired) electrons. The predicted molar refractivity (Wildman–Crippen MR) is 67.3 cm³/mol. The number of sulfonamides is 1. The van der Waals surface area contributed by atoms with E-state index in [0.29, 0.717) is 12.8 Å². The van der Waals surface area contributed by atoms with E-state index in [4.69, 9.17) is 22.4 Å². The molecule has 0 amide bonds. The van der Waals surface area contributed by atoms with Crippen molar-refractivity contribution in [1.82, 2.24) is 4.72 Å². The van der Waals surface area contributed by atoms with Crippen LogP contribution >= 0.6 is 11.6 Å². The Hall–Kier alpha value is -0.890. The summed E-state index contributed by atoms with van der Waals surface area (Å²) >= 11 is 5.53. The van der Waals surface area contributed by atoms with Gasteiger partial charge in [0.15, 0.2) is 5.82 Å². The molecule has 0 saturated carbocycles. The van der Waals surface area contributed by atoms with Gasteiger partial charge in [0.25, 0.3) is 0 Å². The summed E-state index contributed by atoms with van der Waals surface area (Å²) in [4.78, 5) is -0.573. The van der Waals surface area contributed by atoms with Crippen LogP contribution in [0.2, 0.25) is 5.02 Å². The fraction of sp³-hybridized carbons (Fsp3) is 0.400. The number of halogens is 2. The summed E-state index contributed by atoms with van der Waals surface area (Å²) in [6.45, 7) is 0.0783. The van der Waals surface area contributed by atoms with Crippen molar-refractivity contribution in [1.29, 1.82) is 0 Å². The second-order valence-electron chi connectivity index (χ2n) is 3.64. The Balaban J connectivity index is 2.91. The maximum atomic E-state index is 13.6. The zero-order chi connectivity index (χ0) is 13.8. The lowest BCUT2D eigenvalue weighted by atomic mass is 10.3. The molecule has 0 heterocycles. The third-order valence-corrected chi connectivity index (χ3v) is 3.92. The summed E-state index contributed by atoms with van der Waals surface area (Å²) in [5.41, 5.74) is 5.49. The molecular formula is C10H14ClFN2O3S. The maximum absolute atomic E-state index is 13.6. The quantitative estimate of drug-likeness (QED) is 0.541. The molecular weight excluding hydrogens is 283 g/mol. The van der Waals surface area contributed by atoms with Crippen molar-refractivity contribution in [2.24, 2.45) is 0 Å². The number of nitrogen functional groups attached to an aromatic ring is 1. The summed E-state index contributed by atoms with van der Waals surface area (Å²) in [5, 5.41) is 8.22. The van der Waals surface area contributed by atoms with Crippen LogP contribution in [-0.4, -0.2) is 26.7 Å². The maximum Gasteiger partial charge on any atom is 0.243 e. The zero-order valence-corrected chi connectivity index (χ0v) is 11.1. The zero-order valence-electron chi connectivity index (χ0n) is 9.49. The smallest absolute Gasteiger partial charge is 0.243 e. The van der Waals surface area contributed by atoms with E-state index in [1.54, 1.807) is 0 Å². The molecule has 0 aliphatic carbocycles. The standard InChI is InChI=1S/C10H14ClFN2O3S/c11-8-5-7(13)6-9(10(8)12)18(16,17)14-3-1-2-4-15/h5-6,14-15H,1-4,13H2. The topological polar surface area (TPSA) is 92.4 Å². The van der Waals surface area contributed by atoms with Gasteiger partial charge in [-0.05, 0) is 25.0 Å². The van der Waals surface area contributed by atoms with Crippen molar-refractivity contribution >= 4 is 27.3 Å². The second-order valence-corrected chi connectivity index (χ2v) is 5.79. The van der Waals surface area contributed by atoms with E-state index in [-0.39, 0.29) is 23.9 Å². The van der Waals surface area contributed by atoms with Crippen molar-refractivity contribution in [2.45, 2.75) is 17.7 Å². The number of hydrogen-bond acceptors (Lipinski definition) is 4. The number of aliphatic hydroxyl groups excluding tert-OH is 1. The number of hydrogen-bond donors (Lipinski definition) is 3. The van der Waals surface area contributed by atoms with E-state index >= 15 is 0 Å². The number of nitrogens with one attached hydrogen (secondary N) is 1. The molecule has 0 spiro atoms. The first-order chi connectivity index (χ1) is 8.38. The van der Waals surface area contributed by atoms with Crippen LogP contribution in [0.1, 0.15) is 12.8 Å². The molecule has 1 aromatic rings. The van der Waals surface area contributed by atoms with Gasteiger partial charge in [-0.1, -0.05) is 11.6 Å². The van der Waals surface area contributed by atoms with Crippen LogP contribution in [0, 0.1) is 5.82 Å². The molecule has 4 N–H and O–H groups in total. The minimum absolute atomic E-state index is 0.0276. The van der Waals surface area contributed by atoms with Gasteiger partial charge in [0, 0.05) is 18.8 Å². The molecule has 5 nitrogen and oxygen atoms in total. The van der Waals surface area contributed by atoms with E-state index in [0.717, 1.165) is 12.1 Å². The van der Waals surface area contributed by atoms with Crippen LogP contribution in [0.5, 0.6) is 0 Å². The highest BCUT2D eigenvalue weighted by atomic mass is 35.5. The molecule has 0 aromatic heterocycles. The van der Waals surface area contributed by atoms with Crippen LogP contribution in [0.15, 0.2) is 17.0 Å². The minimum atomic E-state index is -3.99. The molecule has 0 aliphatic heterocycles. The molecule has 0 bridgehead atoms. The average molecular weight is 297 g/mol. The Morgan fingerprint density at radius 1 is 1.39 bits per heavy atom. The first-order valence-corrected chi connectivity index (χ1v) is 7.09. The lowest BCUT2D eigenvalue weighted by molar-refractivity contribution is 0.285. The monoisotopic (exact) mass is 296 g/mol. The van der Waals surface area contributed by atoms with Crippen molar-refractivity contribution in [2.75, 3.05) is 18.9 Å². The Morgan fingerprint density at radius 2 is 2.06 bits per heavy atom. The Labute approximate surface area is 110 Å². The third-order valence-electron chi connectivity index (χ3n) is 2.18. The van der Waals surface area contributed by atoms with E-state index in [1.807, 2.05) is 0 Å². The summed E-state index contributed by atoms with van der Waals surface area (Å²) in [6.07, 6.45) is 0.913.